The SMILES string of the molecule is C.F.FCOCOC(C(F)(F)F)C(F)(F)F.OC(C(F)(F)F)C(F)(F)F.PI. The molecule has 3 nitrogen and oxygen atoms in total. The number of hydrogen-bond acceptors (Lipinski definition) is 3. The molecule has 0 rings (SSSR count). The summed E-state index contributed by atoms with van der Waals surface area (Å²) in [6.07, 6.45) is -30.6. The summed E-state index contributed by atoms with van der Waals surface area (Å²) in [6, 6.07) is 0. The largest absolute Gasteiger partial charge is 0.423 e. The molecule has 0 aromatic carbocycles. The van der Waals surface area contributed by atoms with Gasteiger partial charge < -0.3 is 14.6 Å². The summed E-state index contributed by atoms with van der Waals surface area (Å²) in [7, 11) is 0. The zero-order valence-corrected chi connectivity index (χ0v) is 15.4. The first kappa shape index (κ1) is 38.6. The zero-order valence-electron chi connectivity index (χ0n) is 12.1. The smallest absolute Gasteiger partial charge is 0.377 e. The number of ether oxygens (including phenoxy) is 2. The second-order valence-corrected chi connectivity index (χ2v) is 3.55. The fourth-order valence-corrected chi connectivity index (χ4v) is 0.708. The predicted octanol–water partition coefficient (Wildman–Crippen LogP) is 5.87. The second-order valence-electron chi connectivity index (χ2n) is 3.55. The van der Waals surface area contributed by atoms with Crippen LogP contribution in [-0.2, 0) is 9.47 Å². The molecule has 28 heavy (non-hydrogen) atoms. The molecule has 0 amide bonds. The lowest BCUT2D eigenvalue weighted by atomic mass is 10.3. The van der Waals surface area contributed by atoms with Crippen molar-refractivity contribution in [2.24, 2.45) is 0 Å². The third kappa shape index (κ3) is 19.4. The standard InChI is InChI=1S/C5H5F7O2.C3H2F6O.CH4.FH.H2IP/c6-1-13-2-14-3(4(7,8)9)5(10,11)12;4-2(5,6)1(10)3(7,8)9;;;1-2/h3H,1-2H2;1,10H;1H4;1H;2H2. The van der Waals surface area contributed by atoms with Gasteiger partial charge in [-0.2, -0.15) is 52.7 Å². The third-order valence-electron chi connectivity index (χ3n) is 1.61. The lowest BCUT2D eigenvalue weighted by Gasteiger charge is -2.22. The highest BCUT2D eigenvalue weighted by Crippen LogP contribution is 2.35. The maximum atomic E-state index is 11.6. The quantitative estimate of drug-likeness (QED) is 0.146. The van der Waals surface area contributed by atoms with Gasteiger partial charge in [0.25, 0.3) is 6.10 Å². The molecule has 0 aliphatic carbocycles. The Bertz CT molecular complexity index is 328. The third-order valence-corrected chi connectivity index (χ3v) is 1.61. The molecule has 1 atom stereocenters. The van der Waals surface area contributed by atoms with Crippen molar-refractivity contribution < 1.29 is 76.4 Å². The van der Waals surface area contributed by atoms with Crippen molar-refractivity contribution in [3.63, 3.8) is 0 Å². The fourth-order valence-electron chi connectivity index (χ4n) is 0.708. The molecular weight excluding hydrogens is 580 g/mol. The molecule has 0 bridgehead atoms. The Morgan fingerprint density at radius 1 is 0.750 bits per heavy atom. The number of halogens is 15. The topological polar surface area (TPSA) is 38.7 Å². The van der Waals surface area contributed by atoms with E-state index in [1.807, 2.05) is 0 Å². The molecule has 0 saturated carbocycles. The Kier molecular flexibility index (Phi) is 21.9. The molecule has 0 aromatic heterocycles. The number of aliphatic hydroxyl groups excluding tert-OH is 1. The van der Waals surface area contributed by atoms with Crippen molar-refractivity contribution in [3.8, 4) is 0 Å². The minimum absolute atomic E-state index is 0. The van der Waals surface area contributed by atoms with E-state index in [-0.39, 0.29) is 12.1 Å². The summed E-state index contributed by atoms with van der Waals surface area (Å²) in [5, 5.41) is 7.47. The monoisotopic (exact) mass is 594 g/mol. The number of aliphatic hydroxyl groups is 1. The molecule has 19 heteroatoms. The summed E-state index contributed by atoms with van der Waals surface area (Å²) in [4.78, 5) is 0. The summed E-state index contributed by atoms with van der Waals surface area (Å²) in [5.74, 6) is 0. The Labute approximate surface area is 164 Å². The van der Waals surface area contributed by atoms with E-state index in [0.717, 1.165) is 0 Å². The summed E-state index contributed by atoms with van der Waals surface area (Å²) >= 11 is 2.07. The maximum Gasteiger partial charge on any atom is 0.423 e. The van der Waals surface area contributed by atoms with Gasteiger partial charge in [0.05, 0.1) is 0 Å². The van der Waals surface area contributed by atoms with Gasteiger partial charge in [-0.1, -0.05) is 36.3 Å². The highest BCUT2D eigenvalue weighted by atomic mass is 127. The van der Waals surface area contributed by atoms with Crippen LogP contribution >= 0.6 is 28.9 Å². The van der Waals surface area contributed by atoms with Gasteiger partial charge in [-0.25, -0.2) is 4.39 Å². The number of hydrogen-bond donors (Lipinski definition) is 1. The summed E-state index contributed by atoms with van der Waals surface area (Å²) in [5.41, 5.74) is 0. The van der Waals surface area contributed by atoms with Crippen LogP contribution in [0.15, 0.2) is 0 Å². The first-order chi connectivity index (χ1) is 11.3. The van der Waals surface area contributed by atoms with Crippen LogP contribution in [0.2, 0.25) is 0 Å². The first-order valence-corrected chi connectivity index (χ1v) is 9.44. The predicted molar refractivity (Wildman–Crippen MR) is 80.0 cm³/mol. The Morgan fingerprint density at radius 2 is 1.04 bits per heavy atom. The summed E-state index contributed by atoms with van der Waals surface area (Å²) in [6.45, 7) is -0.555. The average molecular weight is 594 g/mol. The highest BCUT2D eigenvalue weighted by Gasteiger charge is 2.58. The molecule has 0 saturated heterocycles. The Balaban J connectivity index is -0.000000112. The van der Waals surface area contributed by atoms with Gasteiger partial charge in [-0.05, 0) is 0 Å². The van der Waals surface area contributed by atoms with Crippen molar-refractivity contribution in [1.82, 2.24) is 0 Å². The number of alkyl halides is 13. The van der Waals surface area contributed by atoms with Crippen LogP contribution in [0.25, 0.3) is 0 Å². The molecule has 0 heterocycles. The normalized spacial score (nSPS) is 12.2. The van der Waals surface area contributed by atoms with Gasteiger partial charge >= 0.3 is 24.7 Å². The maximum absolute atomic E-state index is 11.6. The van der Waals surface area contributed by atoms with E-state index >= 15 is 0 Å². The van der Waals surface area contributed by atoms with Crippen LogP contribution in [0, 0.1) is 0 Å². The molecule has 0 aliphatic rings. The molecule has 0 spiro atoms. The van der Waals surface area contributed by atoms with Crippen molar-refractivity contribution in [3.05, 3.63) is 0 Å². The molecule has 178 valence electrons. The fraction of sp³-hybridized carbons (Fsp3) is 1.00. The minimum Gasteiger partial charge on any atom is -0.377 e. The van der Waals surface area contributed by atoms with Crippen LogP contribution in [0.5, 0.6) is 0 Å². The van der Waals surface area contributed by atoms with E-state index < -0.39 is 50.6 Å². The van der Waals surface area contributed by atoms with Gasteiger partial charge in [0.2, 0.25) is 6.10 Å². The molecule has 0 fully saturated rings. The average Bonchev–Trinajstić information content (AvgIpc) is 2.41. The van der Waals surface area contributed by atoms with E-state index in [1.54, 1.807) is 0 Å². The van der Waals surface area contributed by atoms with Crippen LogP contribution < -0.4 is 0 Å². The molecule has 0 aliphatic heterocycles. The molecule has 1 N–H and O–H groups in total. The highest BCUT2D eigenvalue weighted by molar-refractivity contribution is 14.2. The Morgan fingerprint density at radius 3 is 1.18 bits per heavy atom. The summed E-state index contributed by atoms with van der Waals surface area (Å²) < 4.78 is 154. The molecule has 0 radical (unpaired) electrons. The minimum atomic E-state index is -5.63. The lowest BCUT2D eigenvalue weighted by Crippen LogP contribution is -2.44. The van der Waals surface area contributed by atoms with Crippen LogP contribution in [0.1, 0.15) is 7.43 Å². The van der Waals surface area contributed by atoms with E-state index in [1.165, 1.54) is 0 Å². The van der Waals surface area contributed by atoms with Crippen LogP contribution in [-0.4, -0.2) is 55.7 Å². The van der Waals surface area contributed by atoms with Gasteiger partial charge in [0, 0.05) is 0 Å². The second kappa shape index (κ2) is 15.8. The zero-order chi connectivity index (χ0) is 22.0. The van der Waals surface area contributed by atoms with Crippen LogP contribution in [0.4, 0.5) is 61.8 Å². The van der Waals surface area contributed by atoms with E-state index in [9.17, 15) is 57.1 Å². The van der Waals surface area contributed by atoms with Crippen molar-refractivity contribution >= 4 is 28.9 Å². The van der Waals surface area contributed by atoms with E-state index in [2.05, 4.69) is 38.4 Å². The van der Waals surface area contributed by atoms with E-state index in [0.29, 0.717) is 0 Å². The van der Waals surface area contributed by atoms with Gasteiger partial charge in [-0.15, -0.1) is 0 Å². The molecule has 1 unspecified atom stereocenters. The van der Waals surface area contributed by atoms with Gasteiger partial charge in [0.1, 0.15) is 0 Å². The van der Waals surface area contributed by atoms with Crippen molar-refractivity contribution in [1.29, 1.82) is 0 Å². The molecule has 0 aromatic rings. The Hall–Kier alpha value is 0.0600. The van der Waals surface area contributed by atoms with Crippen molar-refractivity contribution in [2.75, 3.05) is 13.7 Å². The molecular formula is C9H14F14IO3P. The van der Waals surface area contributed by atoms with E-state index in [4.69, 9.17) is 5.11 Å². The lowest BCUT2D eigenvalue weighted by molar-refractivity contribution is -0.336. The van der Waals surface area contributed by atoms with Gasteiger partial charge in [-0.3, -0.25) is 4.70 Å². The van der Waals surface area contributed by atoms with Crippen molar-refractivity contribution in [2.45, 2.75) is 44.3 Å². The van der Waals surface area contributed by atoms with Crippen LogP contribution in [0.3, 0.4) is 0 Å². The number of rotatable bonds is 4. The van der Waals surface area contributed by atoms with Gasteiger partial charge in [0.15, 0.2) is 13.7 Å². The first-order valence-electron chi connectivity index (χ1n) is 5.27.